The number of hydrogen-bond acceptors (Lipinski definition) is 7. The maximum absolute atomic E-state index is 12.2. The number of aliphatic carboxylic acids is 1. The minimum absolute atomic E-state index is 0.0527. The van der Waals surface area contributed by atoms with Gasteiger partial charge in [-0.05, 0) is 63.5 Å². The molecule has 2 aliphatic rings. The molecule has 2 heterocycles. The van der Waals surface area contributed by atoms with E-state index in [4.69, 9.17) is 14.0 Å². The van der Waals surface area contributed by atoms with Crippen LogP contribution in [0.5, 0.6) is 5.75 Å². The largest absolute Gasteiger partial charge is 0.489 e. The Balaban J connectivity index is 1.37. The van der Waals surface area contributed by atoms with E-state index < -0.39 is 5.97 Å². The molecule has 0 saturated heterocycles. The minimum Gasteiger partial charge on any atom is -0.489 e. The summed E-state index contributed by atoms with van der Waals surface area (Å²) in [5.41, 5.74) is 1.88. The van der Waals surface area contributed by atoms with E-state index in [1.165, 1.54) is 12.8 Å². The molecule has 0 bridgehead atoms. The summed E-state index contributed by atoms with van der Waals surface area (Å²) in [4.78, 5) is 29.5. The molecule has 0 radical (unpaired) electrons. The number of nitrogens with zero attached hydrogens (tertiary/aromatic N) is 3. The summed E-state index contributed by atoms with van der Waals surface area (Å²) < 4.78 is 16.9. The molecule has 0 unspecified atom stereocenters. The van der Waals surface area contributed by atoms with E-state index >= 15 is 0 Å². The molecule has 9 nitrogen and oxygen atoms in total. The number of carbonyl (C=O) groups is 2. The van der Waals surface area contributed by atoms with Gasteiger partial charge in [-0.1, -0.05) is 5.16 Å². The van der Waals surface area contributed by atoms with Crippen molar-refractivity contribution in [2.75, 3.05) is 13.6 Å². The summed E-state index contributed by atoms with van der Waals surface area (Å²) in [6, 6.07) is 3.54. The van der Waals surface area contributed by atoms with Crippen molar-refractivity contribution in [3.8, 4) is 17.2 Å². The van der Waals surface area contributed by atoms with E-state index in [0.29, 0.717) is 53.8 Å². The Morgan fingerprint density at radius 3 is 2.75 bits per heavy atom. The van der Waals surface area contributed by atoms with Gasteiger partial charge in [0.25, 0.3) is 0 Å². The Morgan fingerprint density at radius 2 is 2.06 bits per heavy atom. The molecule has 0 aliphatic heterocycles. The van der Waals surface area contributed by atoms with Crippen molar-refractivity contribution in [2.24, 2.45) is 11.8 Å². The minimum atomic E-state index is -0.764. The molecule has 0 aromatic carbocycles. The zero-order valence-corrected chi connectivity index (χ0v) is 18.5. The first-order chi connectivity index (χ1) is 15.4. The van der Waals surface area contributed by atoms with Crippen molar-refractivity contribution < 1.29 is 28.7 Å². The van der Waals surface area contributed by atoms with Gasteiger partial charge in [-0.2, -0.15) is 0 Å². The highest BCUT2D eigenvalue weighted by atomic mass is 16.6. The van der Waals surface area contributed by atoms with Crippen LogP contribution in [0.4, 0.5) is 4.79 Å². The predicted octanol–water partition coefficient (Wildman–Crippen LogP) is 4.05. The third-order valence-electron chi connectivity index (χ3n) is 6.11. The average molecular weight is 444 g/mol. The molecule has 2 saturated carbocycles. The van der Waals surface area contributed by atoms with Crippen LogP contribution in [0.15, 0.2) is 22.9 Å². The van der Waals surface area contributed by atoms with Gasteiger partial charge in [0.05, 0.1) is 29.5 Å². The van der Waals surface area contributed by atoms with Crippen molar-refractivity contribution in [1.82, 2.24) is 15.0 Å². The molecule has 4 rings (SSSR count). The summed E-state index contributed by atoms with van der Waals surface area (Å²) in [6.07, 6.45) is 6.29. The second-order valence-corrected chi connectivity index (χ2v) is 8.77. The van der Waals surface area contributed by atoms with Crippen LogP contribution in [0.1, 0.15) is 49.8 Å². The fraction of sp³-hybridized carbons (Fsp3) is 0.565. The number of rotatable bonds is 8. The van der Waals surface area contributed by atoms with E-state index in [0.717, 1.165) is 12.8 Å². The van der Waals surface area contributed by atoms with Crippen LogP contribution in [0.25, 0.3) is 11.5 Å². The van der Waals surface area contributed by atoms with Crippen LogP contribution in [0.2, 0.25) is 0 Å². The molecule has 2 aromatic heterocycles. The van der Waals surface area contributed by atoms with Crippen LogP contribution < -0.4 is 4.74 Å². The summed E-state index contributed by atoms with van der Waals surface area (Å²) >= 11 is 0. The maximum atomic E-state index is 12.2. The number of aromatic nitrogens is 2. The van der Waals surface area contributed by atoms with Gasteiger partial charge in [-0.25, -0.2) is 9.78 Å². The van der Waals surface area contributed by atoms with E-state index in [2.05, 4.69) is 10.1 Å². The standard InChI is InChI=1S/C23H29N3O6/c1-14-19(13-30-23(29)26(2)12-15-6-7-15)21(32-25-14)20-9-8-18(11-24-20)31-17-5-3-4-16(10-17)22(27)28/h8-9,11,15-17H,3-7,10,12-13H2,1-2H3,(H,27,28)/t16-,17-/m0/s1. The smallest absolute Gasteiger partial charge is 0.409 e. The van der Waals surface area contributed by atoms with Crippen molar-refractivity contribution in [1.29, 1.82) is 0 Å². The van der Waals surface area contributed by atoms with Crippen molar-refractivity contribution in [3.63, 3.8) is 0 Å². The zero-order valence-electron chi connectivity index (χ0n) is 18.5. The first-order valence-corrected chi connectivity index (χ1v) is 11.1. The van der Waals surface area contributed by atoms with Crippen molar-refractivity contribution in [3.05, 3.63) is 29.6 Å². The van der Waals surface area contributed by atoms with Crippen LogP contribution >= 0.6 is 0 Å². The van der Waals surface area contributed by atoms with Gasteiger partial charge < -0.3 is 24.0 Å². The van der Waals surface area contributed by atoms with Gasteiger partial charge in [-0.15, -0.1) is 0 Å². The first kappa shape index (κ1) is 22.1. The topological polar surface area (TPSA) is 115 Å². The number of aryl methyl sites for hydroxylation is 1. The lowest BCUT2D eigenvalue weighted by Gasteiger charge is -2.27. The summed E-state index contributed by atoms with van der Waals surface area (Å²) in [7, 11) is 1.74. The highest BCUT2D eigenvalue weighted by Gasteiger charge is 2.28. The Bertz CT molecular complexity index is 953. The number of carboxylic acids is 1. The molecule has 9 heteroatoms. The Kier molecular flexibility index (Phi) is 6.62. The third-order valence-corrected chi connectivity index (χ3v) is 6.11. The van der Waals surface area contributed by atoms with Crippen molar-refractivity contribution in [2.45, 2.75) is 58.2 Å². The SMILES string of the molecule is Cc1noc(-c2ccc(O[C@H]3CCC[C@H](C(=O)O)C3)cn2)c1COC(=O)N(C)CC1CC1. The number of carbonyl (C=O) groups excluding carboxylic acids is 1. The summed E-state index contributed by atoms with van der Waals surface area (Å²) in [5, 5.41) is 13.3. The number of amides is 1. The molecule has 1 amide bonds. The third kappa shape index (κ3) is 5.38. The molecular weight excluding hydrogens is 414 g/mol. The molecule has 2 atom stereocenters. The Morgan fingerprint density at radius 1 is 1.25 bits per heavy atom. The quantitative estimate of drug-likeness (QED) is 0.650. The number of carboxylic acid groups (broad SMARTS) is 1. The predicted molar refractivity (Wildman–Crippen MR) is 114 cm³/mol. The van der Waals surface area contributed by atoms with Gasteiger partial charge in [0.1, 0.15) is 18.1 Å². The van der Waals surface area contributed by atoms with Crippen LogP contribution in [-0.4, -0.2) is 51.9 Å². The average Bonchev–Trinajstić information content (AvgIpc) is 3.53. The van der Waals surface area contributed by atoms with E-state index in [1.54, 1.807) is 37.2 Å². The molecular formula is C23H29N3O6. The highest BCUT2D eigenvalue weighted by molar-refractivity contribution is 5.70. The lowest BCUT2D eigenvalue weighted by molar-refractivity contribution is -0.143. The fourth-order valence-corrected chi connectivity index (χ4v) is 4.02. The number of ether oxygens (including phenoxy) is 2. The summed E-state index contributed by atoms with van der Waals surface area (Å²) in [6.45, 7) is 2.56. The normalized spacial score (nSPS) is 20.6. The molecule has 2 aliphatic carbocycles. The van der Waals surface area contributed by atoms with E-state index in [1.807, 2.05) is 0 Å². The van der Waals surface area contributed by atoms with Gasteiger partial charge in [0.2, 0.25) is 0 Å². The lowest BCUT2D eigenvalue weighted by atomic mass is 9.87. The fourth-order valence-electron chi connectivity index (χ4n) is 4.02. The van der Waals surface area contributed by atoms with Gasteiger partial charge in [0.15, 0.2) is 5.76 Å². The molecule has 2 fully saturated rings. The Hall–Kier alpha value is -3.10. The van der Waals surface area contributed by atoms with Crippen LogP contribution in [0.3, 0.4) is 0 Å². The lowest BCUT2D eigenvalue weighted by Crippen LogP contribution is -2.29. The monoisotopic (exact) mass is 443 g/mol. The molecule has 1 N–H and O–H groups in total. The van der Waals surface area contributed by atoms with Gasteiger partial charge >= 0.3 is 12.1 Å². The van der Waals surface area contributed by atoms with E-state index in [-0.39, 0.29) is 24.7 Å². The molecule has 32 heavy (non-hydrogen) atoms. The van der Waals surface area contributed by atoms with E-state index in [9.17, 15) is 14.7 Å². The molecule has 2 aromatic rings. The van der Waals surface area contributed by atoms with Crippen molar-refractivity contribution >= 4 is 12.1 Å². The van der Waals surface area contributed by atoms with Gasteiger partial charge in [-0.3, -0.25) is 4.79 Å². The van der Waals surface area contributed by atoms with Crippen LogP contribution in [-0.2, 0) is 16.1 Å². The summed E-state index contributed by atoms with van der Waals surface area (Å²) in [5.74, 6) is 0.506. The second kappa shape index (κ2) is 9.58. The maximum Gasteiger partial charge on any atom is 0.409 e. The van der Waals surface area contributed by atoms with Gasteiger partial charge in [0, 0.05) is 13.6 Å². The second-order valence-electron chi connectivity index (χ2n) is 8.77. The zero-order chi connectivity index (χ0) is 22.7. The number of hydrogen-bond donors (Lipinski definition) is 1. The molecule has 0 spiro atoms. The van der Waals surface area contributed by atoms with Crippen LogP contribution in [0, 0.1) is 18.8 Å². The first-order valence-electron chi connectivity index (χ1n) is 11.1. The highest BCUT2D eigenvalue weighted by Crippen LogP contribution is 2.31. The number of pyridine rings is 1. The Labute approximate surface area is 186 Å². The molecule has 172 valence electrons.